The summed E-state index contributed by atoms with van der Waals surface area (Å²) in [6.45, 7) is 5.85. The lowest BCUT2D eigenvalue weighted by Gasteiger charge is -2.20. The van der Waals surface area contributed by atoms with Gasteiger partial charge in [0.15, 0.2) is 0 Å². The van der Waals surface area contributed by atoms with Gasteiger partial charge in [-0.1, -0.05) is 53.6 Å². The first kappa shape index (κ1) is 21.6. The van der Waals surface area contributed by atoms with Crippen molar-refractivity contribution in [3.05, 3.63) is 95.1 Å². The lowest BCUT2D eigenvalue weighted by atomic mass is 10.1. The molecule has 0 bridgehead atoms. The number of hydrogen-bond donors (Lipinski definition) is 1. The van der Waals surface area contributed by atoms with Gasteiger partial charge in [0, 0.05) is 12.6 Å². The zero-order valence-corrected chi connectivity index (χ0v) is 18.4. The fraction of sp³-hybridized carbons (Fsp3) is 0.208. The quantitative estimate of drug-likeness (QED) is 0.630. The smallest absolute Gasteiger partial charge is 0.264 e. The number of aryl methyl sites for hydroxylation is 2. The summed E-state index contributed by atoms with van der Waals surface area (Å²) in [4.78, 5) is 12.8. The molecule has 0 spiro atoms. The maximum Gasteiger partial charge on any atom is 0.264 e. The van der Waals surface area contributed by atoms with Crippen LogP contribution in [-0.2, 0) is 10.0 Å². The largest absolute Gasteiger partial charge is 0.346 e. The van der Waals surface area contributed by atoms with Crippen LogP contribution < -0.4 is 9.62 Å². The van der Waals surface area contributed by atoms with Crippen molar-refractivity contribution in [2.45, 2.75) is 31.7 Å². The van der Waals surface area contributed by atoms with Crippen molar-refractivity contribution < 1.29 is 13.2 Å². The van der Waals surface area contributed by atoms with Crippen LogP contribution in [0, 0.1) is 13.8 Å². The SMILES string of the molecule is Cc1ccc([C@H](C)NC(=O)c2cccc(S(=O)(=O)N(C)c3ccc(C)cc3)c2)cc1. The molecule has 30 heavy (non-hydrogen) atoms. The Morgan fingerprint density at radius 1 is 0.900 bits per heavy atom. The van der Waals surface area contributed by atoms with Gasteiger partial charge in [-0.05, 0) is 56.7 Å². The van der Waals surface area contributed by atoms with Gasteiger partial charge in [-0.15, -0.1) is 0 Å². The highest BCUT2D eigenvalue weighted by molar-refractivity contribution is 7.92. The predicted molar refractivity (Wildman–Crippen MR) is 120 cm³/mol. The van der Waals surface area contributed by atoms with Gasteiger partial charge in [0.2, 0.25) is 0 Å². The van der Waals surface area contributed by atoms with E-state index >= 15 is 0 Å². The fourth-order valence-corrected chi connectivity index (χ4v) is 4.31. The van der Waals surface area contributed by atoms with Gasteiger partial charge in [0.05, 0.1) is 16.6 Å². The van der Waals surface area contributed by atoms with Gasteiger partial charge in [0.25, 0.3) is 15.9 Å². The standard InChI is InChI=1S/C24H26N2O3S/c1-17-8-12-20(13-9-17)19(3)25-24(27)21-6-5-7-23(16-21)30(28,29)26(4)22-14-10-18(2)11-15-22/h5-16,19H,1-4H3,(H,25,27)/t19-/m0/s1. The molecule has 0 saturated heterocycles. The Labute approximate surface area is 178 Å². The van der Waals surface area contributed by atoms with Crippen LogP contribution in [0.4, 0.5) is 5.69 Å². The number of anilines is 1. The number of nitrogens with one attached hydrogen (secondary N) is 1. The van der Waals surface area contributed by atoms with Crippen molar-refractivity contribution >= 4 is 21.6 Å². The molecule has 0 aromatic heterocycles. The van der Waals surface area contributed by atoms with E-state index in [2.05, 4.69) is 5.32 Å². The topological polar surface area (TPSA) is 66.5 Å². The molecule has 0 aliphatic carbocycles. The normalized spacial score (nSPS) is 12.3. The molecule has 6 heteroatoms. The van der Waals surface area contributed by atoms with Crippen molar-refractivity contribution in [3.8, 4) is 0 Å². The van der Waals surface area contributed by atoms with Crippen LogP contribution in [0.1, 0.15) is 40.0 Å². The van der Waals surface area contributed by atoms with E-state index in [0.717, 1.165) is 16.7 Å². The summed E-state index contributed by atoms with van der Waals surface area (Å²) in [5.74, 6) is -0.321. The number of carbonyl (C=O) groups excluding carboxylic acids is 1. The molecule has 1 atom stereocenters. The minimum absolute atomic E-state index is 0.0706. The summed E-state index contributed by atoms with van der Waals surface area (Å²) < 4.78 is 27.3. The fourth-order valence-electron chi connectivity index (χ4n) is 3.07. The number of amides is 1. The molecule has 3 aromatic rings. The van der Waals surface area contributed by atoms with Crippen LogP contribution in [-0.4, -0.2) is 21.4 Å². The molecule has 5 nitrogen and oxygen atoms in total. The van der Waals surface area contributed by atoms with Crippen LogP contribution in [0.3, 0.4) is 0 Å². The molecule has 156 valence electrons. The van der Waals surface area contributed by atoms with Crippen molar-refractivity contribution in [1.29, 1.82) is 0 Å². The molecule has 3 rings (SSSR count). The van der Waals surface area contributed by atoms with Crippen LogP contribution in [0.5, 0.6) is 0 Å². The Balaban J connectivity index is 1.81. The van der Waals surface area contributed by atoms with Crippen molar-refractivity contribution in [2.24, 2.45) is 0 Å². The molecule has 0 aliphatic heterocycles. The molecule has 3 aromatic carbocycles. The van der Waals surface area contributed by atoms with Gasteiger partial charge in [-0.2, -0.15) is 0 Å². The molecular weight excluding hydrogens is 396 g/mol. The van der Waals surface area contributed by atoms with E-state index in [1.165, 1.54) is 23.5 Å². The first-order chi connectivity index (χ1) is 14.2. The molecular formula is C24H26N2O3S. The molecule has 0 fully saturated rings. The number of rotatable bonds is 6. The number of sulfonamides is 1. The average molecular weight is 423 g/mol. The van der Waals surface area contributed by atoms with Crippen molar-refractivity contribution in [2.75, 3.05) is 11.4 Å². The Kier molecular flexibility index (Phi) is 6.27. The molecule has 0 heterocycles. The third-order valence-electron chi connectivity index (χ3n) is 5.08. The van der Waals surface area contributed by atoms with Gasteiger partial charge < -0.3 is 5.32 Å². The summed E-state index contributed by atoms with van der Waals surface area (Å²) in [6, 6.07) is 21.1. The van der Waals surface area contributed by atoms with Gasteiger partial charge >= 0.3 is 0 Å². The second-order valence-electron chi connectivity index (χ2n) is 7.44. The second kappa shape index (κ2) is 8.71. The minimum Gasteiger partial charge on any atom is -0.346 e. The number of carbonyl (C=O) groups is 1. The Hall–Kier alpha value is -3.12. The highest BCUT2D eigenvalue weighted by Gasteiger charge is 2.23. The van der Waals surface area contributed by atoms with Gasteiger partial charge in [-0.25, -0.2) is 8.42 Å². The summed E-state index contributed by atoms with van der Waals surface area (Å²) >= 11 is 0. The van der Waals surface area contributed by atoms with Crippen molar-refractivity contribution in [3.63, 3.8) is 0 Å². The van der Waals surface area contributed by atoms with Crippen LogP contribution in [0.2, 0.25) is 0 Å². The Morgan fingerprint density at radius 3 is 2.07 bits per heavy atom. The zero-order chi connectivity index (χ0) is 21.9. The molecule has 0 saturated carbocycles. The molecule has 1 N–H and O–H groups in total. The summed E-state index contributed by atoms with van der Waals surface area (Å²) in [5.41, 5.74) is 4.03. The monoisotopic (exact) mass is 422 g/mol. The first-order valence-corrected chi connectivity index (χ1v) is 11.2. The molecule has 0 aliphatic rings. The van der Waals surface area contributed by atoms with Crippen LogP contribution in [0.15, 0.2) is 77.7 Å². The molecule has 0 unspecified atom stereocenters. The maximum atomic E-state index is 13.1. The van der Waals surface area contributed by atoms with E-state index in [-0.39, 0.29) is 16.8 Å². The number of hydrogen-bond acceptors (Lipinski definition) is 3. The summed E-state index contributed by atoms with van der Waals surface area (Å²) in [6.07, 6.45) is 0. The van der Waals surface area contributed by atoms with Crippen molar-refractivity contribution in [1.82, 2.24) is 5.32 Å². The van der Waals surface area contributed by atoms with E-state index in [9.17, 15) is 13.2 Å². The lowest BCUT2D eigenvalue weighted by Crippen LogP contribution is -2.28. The highest BCUT2D eigenvalue weighted by Crippen LogP contribution is 2.23. The minimum atomic E-state index is -3.79. The summed E-state index contributed by atoms with van der Waals surface area (Å²) in [5, 5.41) is 2.93. The average Bonchev–Trinajstić information content (AvgIpc) is 2.74. The third-order valence-corrected chi connectivity index (χ3v) is 6.86. The third kappa shape index (κ3) is 4.71. The van der Waals surface area contributed by atoms with Crippen LogP contribution in [0.25, 0.3) is 0 Å². The van der Waals surface area contributed by atoms with E-state index in [4.69, 9.17) is 0 Å². The summed E-state index contributed by atoms with van der Waals surface area (Å²) in [7, 11) is -2.29. The molecule has 1 amide bonds. The van der Waals surface area contributed by atoms with E-state index in [1.54, 1.807) is 24.3 Å². The van der Waals surface area contributed by atoms with Crippen LogP contribution >= 0.6 is 0 Å². The Bertz CT molecular complexity index is 1140. The van der Waals surface area contributed by atoms with E-state index in [0.29, 0.717) is 11.3 Å². The van der Waals surface area contributed by atoms with Gasteiger partial charge in [-0.3, -0.25) is 9.10 Å². The van der Waals surface area contributed by atoms with E-state index in [1.807, 2.05) is 57.2 Å². The lowest BCUT2D eigenvalue weighted by molar-refractivity contribution is 0.0939. The molecule has 0 radical (unpaired) electrons. The predicted octanol–water partition coefficient (Wildman–Crippen LogP) is 4.62. The Morgan fingerprint density at radius 2 is 1.47 bits per heavy atom. The number of nitrogens with zero attached hydrogens (tertiary/aromatic N) is 1. The number of benzene rings is 3. The maximum absolute atomic E-state index is 13.1. The zero-order valence-electron chi connectivity index (χ0n) is 17.6. The highest BCUT2D eigenvalue weighted by atomic mass is 32.2. The second-order valence-corrected chi connectivity index (χ2v) is 9.41. The van der Waals surface area contributed by atoms with E-state index < -0.39 is 10.0 Å². The van der Waals surface area contributed by atoms with Gasteiger partial charge in [0.1, 0.15) is 0 Å². The first-order valence-electron chi connectivity index (χ1n) is 9.71.